The van der Waals surface area contributed by atoms with Gasteiger partial charge < -0.3 is 15.5 Å². The fourth-order valence-corrected chi connectivity index (χ4v) is 3.53. The predicted molar refractivity (Wildman–Crippen MR) is 91.2 cm³/mol. The molecule has 1 aliphatic rings. The molecular weight excluding hydrogens is 290 g/mol. The van der Waals surface area contributed by atoms with Crippen molar-refractivity contribution in [1.29, 1.82) is 0 Å². The Labute approximate surface area is 138 Å². The van der Waals surface area contributed by atoms with E-state index in [2.05, 4.69) is 12.2 Å². The molecule has 4 nitrogen and oxygen atoms in total. The fraction of sp³-hybridized carbons (Fsp3) is 0.632. The summed E-state index contributed by atoms with van der Waals surface area (Å²) in [6.45, 7) is 2.09. The average Bonchev–Trinajstić information content (AvgIpc) is 2.57. The first-order valence-corrected chi connectivity index (χ1v) is 8.76. The van der Waals surface area contributed by atoms with Crippen LogP contribution in [0.5, 0.6) is 5.75 Å². The molecule has 2 rings (SSSR count). The molecule has 1 amide bonds. The number of phenols is 1. The summed E-state index contributed by atoms with van der Waals surface area (Å²) in [6.07, 6.45) is 7.50. The van der Waals surface area contributed by atoms with Crippen molar-refractivity contribution in [3.8, 4) is 5.75 Å². The van der Waals surface area contributed by atoms with E-state index in [4.69, 9.17) is 0 Å². The van der Waals surface area contributed by atoms with E-state index in [1.165, 1.54) is 32.1 Å². The number of aliphatic hydroxyl groups excluding tert-OH is 1. The summed E-state index contributed by atoms with van der Waals surface area (Å²) in [5, 5.41) is 21.8. The van der Waals surface area contributed by atoms with Gasteiger partial charge in [0.2, 0.25) is 5.91 Å². The van der Waals surface area contributed by atoms with Crippen LogP contribution in [0.4, 0.5) is 0 Å². The van der Waals surface area contributed by atoms with E-state index in [1.807, 2.05) is 12.1 Å². The van der Waals surface area contributed by atoms with Gasteiger partial charge in [0, 0.05) is 6.42 Å². The Morgan fingerprint density at radius 1 is 1.22 bits per heavy atom. The van der Waals surface area contributed by atoms with Crippen molar-refractivity contribution in [2.45, 2.75) is 57.9 Å². The number of phenolic OH excluding ortho intramolecular Hbond substituents is 1. The molecule has 0 bridgehead atoms. The van der Waals surface area contributed by atoms with E-state index in [1.54, 1.807) is 12.1 Å². The third-order valence-electron chi connectivity index (χ3n) is 4.97. The second kappa shape index (κ2) is 8.92. The van der Waals surface area contributed by atoms with Crippen LogP contribution in [0.15, 0.2) is 24.3 Å². The Morgan fingerprint density at radius 3 is 2.48 bits per heavy atom. The van der Waals surface area contributed by atoms with E-state index < -0.39 is 0 Å². The Morgan fingerprint density at radius 2 is 1.87 bits per heavy atom. The molecule has 0 spiro atoms. The van der Waals surface area contributed by atoms with Crippen molar-refractivity contribution in [1.82, 2.24) is 5.32 Å². The molecule has 0 saturated heterocycles. The third-order valence-corrected chi connectivity index (χ3v) is 4.97. The topological polar surface area (TPSA) is 69.6 Å². The smallest absolute Gasteiger partial charge is 0.220 e. The Hall–Kier alpha value is -1.55. The van der Waals surface area contributed by atoms with Crippen molar-refractivity contribution < 1.29 is 15.0 Å². The molecule has 23 heavy (non-hydrogen) atoms. The fourth-order valence-electron chi connectivity index (χ4n) is 3.53. The van der Waals surface area contributed by atoms with E-state index in [0.717, 1.165) is 5.56 Å². The number of hydrogen-bond donors (Lipinski definition) is 3. The number of carbonyl (C=O) groups excluding carboxylic acids is 1. The molecule has 0 aliphatic heterocycles. The molecule has 1 aliphatic carbocycles. The molecule has 0 radical (unpaired) electrons. The van der Waals surface area contributed by atoms with E-state index in [-0.39, 0.29) is 24.3 Å². The van der Waals surface area contributed by atoms with Crippen LogP contribution in [0, 0.1) is 11.8 Å². The summed E-state index contributed by atoms with van der Waals surface area (Å²) < 4.78 is 0. The summed E-state index contributed by atoms with van der Waals surface area (Å²) in [5.41, 5.74) is 0.988. The van der Waals surface area contributed by atoms with Crippen LogP contribution in [-0.4, -0.2) is 28.8 Å². The van der Waals surface area contributed by atoms with Crippen molar-refractivity contribution >= 4 is 5.91 Å². The maximum atomic E-state index is 12.2. The van der Waals surface area contributed by atoms with Crippen molar-refractivity contribution in [3.05, 3.63) is 29.8 Å². The maximum Gasteiger partial charge on any atom is 0.220 e. The summed E-state index contributed by atoms with van der Waals surface area (Å²) in [7, 11) is 0. The summed E-state index contributed by atoms with van der Waals surface area (Å²) >= 11 is 0. The molecule has 0 aromatic heterocycles. The SMILES string of the molecule is CC(CC(=O)N[C@H](CO)Cc1ccc(O)cc1)C1CCCCC1. The molecule has 0 heterocycles. The molecule has 1 saturated carbocycles. The second-order valence-corrected chi connectivity index (χ2v) is 6.90. The molecule has 1 aromatic carbocycles. The maximum absolute atomic E-state index is 12.2. The molecular formula is C19H29NO3. The second-order valence-electron chi connectivity index (χ2n) is 6.90. The minimum Gasteiger partial charge on any atom is -0.508 e. The zero-order valence-corrected chi connectivity index (χ0v) is 14.0. The van der Waals surface area contributed by atoms with Gasteiger partial charge in [-0.3, -0.25) is 4.79 Å². The first-order chi connectivity index (χ1) is 11.1. The average molecular weight is 319 g/mol. The highest BCUT2D eigenvalue weighted by molar-refractivity contribution is 5.76. The van der Waals surface area contributed by atoms with Gasteiger partial charge in [-0.15, -0.1) is 0 Å². The molecule has 128 valence electrons. The minimum absolute atomic E-state index is 0.0286. The number of nitrogens with one attached hydrogen (secondary N) is 1. The van der Waals surface area contributed by atoms with Gasteiger partial charge in [0.05, 0.1) is 12.6 Å². The standard InChI is InChI=1S/C19H29NO3/c1-14(16-5-3-2-4-6-16)11-19(23)20-17(13-21)12-15-7-9-18(22)10-8-15/h7-10,14,16-17,21-22H,2-6,11-13H2,1H3,(H,20,23)/t14?,17-/m0/s1. The number of aliphatic hydroxyl groups is 1. The van der Waals surface area contributed by atoms with Crippen LogP contribution in [0.1, 0.15) is 51.0 Å². The van der Waals surface area contributed by atoms with Gasteiger partial charge in [0.15, 0.2) is 0 Å². The van der Waals surface area contributed by atoms with Gasteiger partial charge in [0.25, 0.3) is 0 Å². The number of rotatable bonds is 7. The minimum atomic E-state index is -0.273. The van der Waals surface area contributed by atoms with Gasteiger partial charge in [-0.05, 0) is 36.0 Å². The third kappa shape index (κ3) is 5.87. The monoisotopic (exact) mass is 319 g/mol. The molecule has 1 fully saturated rings. The first kappa shape index (κ1) is 17.8. The van der Waals surface area contributed by atoms with Gasteiger partial charge in [0.1, 0.15) is 5.75 Å². The van der Waals surface area contributed by atoms with Crippen molar-refractivity contribution in [2.75, 3.05) is 6.61 Å². The first-order valence-electron chi connectivity index (χ1n) is 8.76. The van der Waals surface area contributed by atoms with Gasteiger partial charge in [-0.25, -0.2) is 0 Å². The van der Waals surface area contributed by atoms with Gasteiger partial charge in [-0.1, -0.05) is 51.2 Å². The normalized spacial score (nSPS) is 18.3. The zero-order chi connectivity index (χ0) is 16.7. The summed E-state index contributed by atoms with van der Waals surface area (Å²) in [6, 6.07) is 6.60. The molecule has 3 N–H and O–H groups in total. The Bertz CT molecular complexity index is 480. The highest BCUT2D eigenvalue weighted by atomic mass is 16.3. The number of amides is 1. The number of aromatic hydroxyl groups is 1. The quantitative estimate of drug-likeness (QED) is 0.723. The van der Waals surface area contributed by atoms with Crippen LogP contribution < -0.4 is 5.32 Å². The van der Waals surface area contributed by atoms with Crippen LogP contribution in [0.25, 0.3) is 0 Å². The summed E-state index contributed by atoms with van der Waals surface area (Å²) in [5.74, 6) is 1.32. The summed E-state index contributed by atoms with van der Waals surface area (Å²) in [4.78, 5) is 12.2. The van der Waals surface area contributed by atoms with Crippen LogP contribution >= 0.6 is 0 Å². The lowest BCUT2D eigenvalue weighted by molar-refractivity contribution is -0.123. The highest BCUT2D eigenvalue weighted by Gasteiger charge is 2.23. The lowest BCUT2D eigenvalue weighted by Crippen LogP contribution is -2.40. The number of benzene rings is 1. The van der Waals surface area contributed by atoms with E-state index in [9.17, 15) is 15.0 Å². The highest BCUT2D eigenvalue weighted by Crippen LogP contribution is 2.31. The predicted octanol–water partition coefficient (Wildman–Crippen LogP) is 3.02. The number of carbonyl (C=O) groups is 1. The zero-order valence-electron chi connectivity index (χ0n) is 14.0. The van der Waals surface area contributed by atoms with Crippen LogP contribution in [-0.2, 0) is 11.2 Å². The van der Waals surface area contributed by atoms with Crippen LogP contribution in [0.2, 0.25) is 0 Å². The van der Waals surface area contributed by atoms with Gasteiger partial charge >= 0.3 is 0 Å². The largest absolute Gasteiger partial charge is 0.508 e. The van der Waals surface area contributed by atoms with Gasteiger partial charge in [-0.2, -0.15) is 0 Å². The van der Waals surface area contributed by atoms with Crippen molar-refractivity contribution in [2.24, 2.45) is 11.8 Å². The lowest BCUT2D eigenvalue weighted by atomic mass is 9.79. The number of hydrogen-bond acceptors (Lipinski definition) is 3. The Kier molecular flexibility index (Phi) is 6.90. The van der Waals surface area contributed by atoms with E-state index >= 15 is 0 Å². The molecule has 2 atom stereocenters. The molecule has 4 heteroatoms. The lowest BCUT2D eigenvalue weighted by Gasteiger charge is -2.27. The van der Waals surface area contributed by atoms with E-state index in [0.29, 0.717) is 24.7 Å². The Balaban J connectivity index is 1.80. The van der Waals surface area contributed by atoms with Crippen molar-refractivity contribution in [3.63, 3.8) is 0 Å². The molecule has 1 aromatic rings. The van der Waals surface area contributed by atoms with Crippen LogP contribution in [0.3, 0.4) is 0 Å². The molecule has 1 unspecified atom stereocenters.